The van der Waals surface area contributed by atoms with E-state index in [1.54, 1.807) is 38.4 Å². The molecule has 21 heavy (non-hydrogen) atoms. The molecule has 0 radical (unpaired) electrons. The molecule has 0 unspecified atom stereocenters. The van der Waals surface area contributed by atoms with E-state index in [1.807, 2.05) is 0 Å². The van der Waals surface area contributed by atoms with E-state index in [0.29, 0.717) is 10.1 Å². The molecular formula is C13H14N4O3S. The van der Waals surface area contributed by atoms with Crippen LogP contribution < -0.4 is 15.8 Å². The number of nitrogens with two attached hydrogens (primary N) is 1. The summed E-state index contributed by atoms with van der Waals surface area (Å²) in [5, 5.41) is 3.48. The molecule has 2 amide bonds. The molecule has 0 saturated heterocycles. The Labute approximate surface area is 125 Å². The van der Waals surface area contributed by atoms with E-state index in [1.165, 1.54) is 11.1 Å². The van der Waals surface area contributed by atoms with Crippen molar-refractivity contribution in [3.63, 3.8) is 0 Å². The molecular weight excluding hydrogens is 292 g/mol. The highest BCUT2D eigenvalue weighted by Gasteiger charge is 2.16. The molecule has 0 bridgehead atoms. The molecule has 0 spiro atoms. The van der Waals surface area contributed by atoms with Gasteiger partial charge in [-0.3, -0.25) is 10.1 Å². The third-order valence-corrected chi connectivity index (χ3v) is 3.18. The van der Waals surface area contributed by atoms with Crippen molar-refractivity contribution >= 4 is 33.5 Å². The van der Waals surface area contributed by atoms with Gasteiger partial charge in [0, 0.05) is 14.1 Å². The highest BCUT2D eigenvalue weighted by molar-refractivity contribution is 7.19. The van der Waals surface area contributed by atoms with Gasteiger partial charge in [-0.2, -0.15) is 0 Å². The average molecular weight is 306 g/mol. The van der Waals surface area contributed by atoms with Crippen LogP contribution in [0.3, 0.4) is 0 Å². The molecule has 8 heteroatoms. The van der Waals surface area contributed by atoms with Gasteiger partial charge < -0.3 is 15.4 Å². The van der Waals surface area contributed by atoms with Crippen LogP contribution in [-0.4, -0.2) is 36.0 Å². The molecule has 110 valence electrons. The fourth-order valence-electron chi connectivity index (χ4n) is 1.44. The van der Waals surface area contributed by atoms with E-state index in [4.69, 9.17) is 10.5 Å². The average Bonchev–Trinajstić information content (AvgIpc) is 2.84. The van der Waals surface area contributed by atoms with Crippen molar-refractivity contribution < 1.29 is 14.3 Å². The number of rotatable bonds is 3. The second-order valence-electron chi connectivity index (χ2n) is 4.28. The van der Waals surface area contributed by atoms with Crippen LogP contribution in [0.5, 0.6) is 5.75 Å². The molecule has 0 saturated carbocycles. The summed E-state index contributed by atoms with van der Waals surface area (Å²) in [5.41, 5.74) is 5.79. The molecule has 0 fully saturated rings. The Hall–Kier alpha value is -2.61. The quantitative estimate of drug-likeness (QED) is 0.904. The number of nitrogen functional groups attached to an aromatic ring is 1. The molecule has 7 nitrogen and oxygen atoms in total. The standard InChI is InChI=1S/C13H14N4O3S/c1-17(2)13(19)20-9-6-4-3-5-8(9)11(18)16-12-15-7-10(14)21-12/h3-7H,14H2,1-2H3,(H,15,16,18). The predicted molar refractivity (Wildman–Crippen MR) is 80.6 cm³/mol. The molecule has 2 aromatic rings. The molecule has 2 rings (SSSR count). The summed E-state index contributed by atoms with van der Waals surface area (Å²) in [7, 11) is 3.12. The molecule has 3 N–H and O–H groups in total. The van der Waals surface area contributed by atoms with Crippen molar-refractivity contribution in [1.29, 1.82) is 0 Å². The van der Waals surface area contributed by atoms with Gasteiger partial charge in [0.1, 0.15) is 10.8 Å². The first-order chi connectivity index (χ1) is 9.97. The van der Waals surface area contributed by atoms with Crippen molar-refractivity contribution in [2.45, 2.75) is 0 Å². The van der Waals surface area contributed by atoms with Crippen LogP contribution in [0.4, 0.5) is 14.9 Å². The summed E-state index contributed by atoms with van der Waals surface area (Å²) in [6, 6.07) is 6.46. The van der Waals surface area contributed by atoms with Crippen LogP contribution >= 0.6 is 11.3 Å². The lowest BCUT2D eigenvalue weighted by Gasteiger charge is -2.13. The molecule has 0 atom stereocenters. The van der Waals surface area contributed by atoms with Crippen LogP contribution in [0.2, 0.25) is 0 Å². The minimum Gasteiger partial charge on any atom is -0.409 e. The summed E-state index contributed by atoms with van der Waals surface area (Å²) in [4.78, 5) is 29.0. The van der Waals surface area contributed by atoms with Crippen LogP contribution in [0.25, 0.3) is 0 Å². The van der Waals surface area contributed by atoms with Gasteiger partial charge in [-0.25, -0.2) is 9.78 Å². The van der Waals surface area contributed by atoms with Gasteiger partial charge in [-0.1, -0.05) is 23.5 Å². The fourth-order valence-corrected chi connectivity index (χ4v) is 2.02. The molecule has 0 aliphatic heterocycles. The number of nitrogens with one attached hydrogen (secondary N) is 1. The number of aromatic nitrogens is 1. The fraction of sp³-hybridized carbons (Fsp3) is 0.154. The minimum absolute atomic E-state index is 0.179. The van der Waals surface area contributed by atoms with Crippen molar-refractivity contribution in [1.82, 2.24) is 9.88 Å². The van der Waals surface area contributed by atoms with Gasteiger partial charge in [0.05, 0.1) is 11.8 Å². The molecule has 1 heterocycles. The topological polar surface area (TPSA) is 97.5 Å². The number of anilines is 2. The Morgan fingerprint density at radius 3 is 2.67 bits per heavy atom. The van der Waals surface area contributed by atoms with Crippen molar-refractivity contribution in [3.05, 3.63) is 36.0 Å². The predicted octanol–water partition coefficient (Wildman–Crippen LogP) is 2.04. The Morgan fingerprint density at radius 1 is 1.33 bits per heavy atom. The zero-order chi connectivity index (χ0) is 15.4. The van der Waals surface area contributed by atoms with E-state index in [9.17, 15) is 9.59 Å². The highest BCUT2D eigenvalue weighted by Crippen LogP contribution is 2.23. The van der Waals surface area contributed by atoms with Gasteiger partial charge in [-0.05, 0) is 12.1 Å². The number of thiazole rings is 1. The lowest BCUT2D eigenvalue weighted by molar-refractivity contribution is 0.102. The van der Waals surface area contributed by atoms with E-state index in [2.05, 4.69) is 10.3 Å². The number of benzene rings is 1. The third-order valence-electron chi connectivity index (χ3n) is 2.44. The summed E-state index contributed by atoms with van der Waals surface area (Å²) in [6.07, 6.45) is 0.895. The maximum Gasteiger partial charge on any atom is 0.414 e. The van der Waals surface area contributed by atoms with E-state index >= 15 is 0 Å². The number of hydrogen-bond acceptors (Lipinski definition) is 6. The second-order valence-corrected chi connectivity index (χ2v) is 5.34. The van der Waals surface area contributed by atoms with Gasteiger partial charge >= 0.3 is 6.09 Å². The number of carbonyl (C=O) groups excluding carboxylic acids is 2. The van der Waals surface area contributed by atoms with Crippen LogP contribution in [0.1, 0.15) is 10.4 Å². The summed E-state index contributed by atoms with van der Waals surface area (Å²) in [6.45, 7) is 0. The van der Waals surface area contributed by atoms with Gasteiger partial charge in [-0.15, -0.1) is 0 Å². The maximum atomic E-state index is 12.2. The minimum atomic E-state index is -0.561. The van der Waals surface area contributed by atoms with Crippen molar-refractivity contribution in [2.75, 3.05) is 25.1 Å². The lowest BCUT2D eigenvalue weighted by atomic mass is 10.2. The largest absolute Gasteiger partial charge is 0.414 e. The van der Waals surface area contributed by atoms with Crippen molar-refractivity contribution in [2.24, 2.45) is 0 Å². The van der Waals surface area contributed by atoms with Crippen LogP contribution in [0, 0.1) is 0 Å². The highest BCUT2D eigenvalue weighted by atomic mass is 32.1. The van der Waals surface area contributed by atoms with Gasteiger partial charge in [0.2, 0.25) is 0 Å². The summed E-state index contributed by atoms with van der Waals surface area (Å²) in [5.74, 6) is -0.246. The normalized spacial score (nSPS) is 10.0. The summed E-state index contributed by atoms with van der Waals surface area (Å²) >= 11 is 1.15. The number of hydrogen-bond donors (Lipinski definition) is 2. The smallest absolute Gasteiger partial charge is 0.409 e. The number of carbonyl (C=O) groups is 2. The molecule has 1 aromatic carbocycles. The SMILES string of the molecule is CN(C)C(=O)Oc1ccccc1C(=O)Nc1ncc(N)s1. The van der Waals surface area contributed by atoms with Gasteiger partial charge in [0.15, 0.2) is 5.13 Å². The number of para-hydroxylation sites is 1. The van der Waals surface area contributed by atoms with Crippen LogP contribution in [0.15, 0.2) is 30.5 Å². The Morgan fingerprint density at radius 2 is 2.05 bits per heavy atom. The van der Waals surface area contributed by atoms with E-state index in [-0.39, 0.29) is 11.3 Å². The first-order valence-electron chi connectivity index (χ1n) is 5.98. The Kier molecular flexibility index (Phi) is 4.39. The van der Waals surface area contributed by atoms with Gasteiger partial charge in [0.25, 0.3) is 5.91 Å². The lowest BCUT2D eigenvalue weighted by Crippen LogP contribution is -2.26. The molecule has 0 aliphatic carbocycles. The first-order valence-corrected chi connectivity index (χ1v) is 6.80. The Balaban J connectivity index is 2.19. The first kappa shape index (κ1) is 14.8. The van der Waals surface area contributed by atoms with Crippen molar-refractivity contribution in [3.8, 4) is 5.75 Å². The summed E-state index contributed by atoms with van der Waals surface area (Å²) < 4.78 is 5.16. The number of amides is 2. The molecule has 1 aromatic heterocycles. The second kappa shape index (κ2) is 6.23. The maximum absolute atomic E-state index is 12.2. The third kappa shape index (κ3) is 3.69. The Bertz CT molecular complexity index is 669. The zero-order valence-electron chi connectivity index (χ0n) is 11.5. The number of ether oxygens (including phenoxy) is 1. The monoisotopic (exact) mass is 306 g/mol. The number of nitrogens with zero attached hydrogens (tertiary/aromatic N) is 2. The molecule has 0 aliphatic rings. The van der Waals surface area contributed by atoms with E-state index < -0.39 is 12.0 Å². The zero-order valence-corrected chi connectivity index (χ0v) is 12.3. The van der Waals surface area contributed by atoms with Crippen LogP contribution in [-0.2, 0) is 0 Å². The van der Waals surface area contributed by atoms with E-state index in [0.717, 1.165) is 11.3 Å².